The van der Waals surface area contributed by atoms with Gasteiger partial charge in [-0.2, -0.15) is 11.3 Å². The number of carbonyl (C=O) groups excluding carboxylic acids is 2. The largest absolute Gasteiger partial charge is 0.484 e. The first kappa shape index (κ1) is 15.1. The summed E-state index contributed by atoms with van der Waals surface area (Å²) in [6.07, 6.45) is 3.54. The highest BCUT2D eigenvalue weighted by Crippen LogP contribution is 2.51. The van der Waals surface area contributed by atoms with Crippen LogP contribution in [-0.2, 0) is 11.2 Å². The van der Waals surface area contributed by atoms with Gasteiger partial charge in [-0.05, 0) is 47.4 Å². The number of nitrogens with zero attached hydrogens (tertiary/aromatic N) is 1. The molecule has 1 spiro atoms. The predicted octanol–water partition coefficient (Wildman–Crippen LogP) is 3.46. The number of hydrogen-bond acceptors (Lipinski definition) is 4. The van der Waals surface area contributed by atoms with Crippen molar-refractivity contribution in [1.29, 1.82) is 0 Å². The molecular formula is C20H19NO3S. The molecule has 1 aromatic carbocycles. The fourth-order valence-corrected chi connectivity index (χ4v) is 5.55. The molecule has 1 aromatic heterocycles. The average molecular weight is 353 g/mol. The van der Waals surface area contributed by atoms with Gasteiger partial charge in [0.15, 0.2) is 5.78 Å². The maximum atomic E-state index is 12.9. The van der Waals surface area contributed by atoms with E-state index in [0.29, 0.717) is 24.2 Å². The number of hydrogen-bond donors (Lipinski definition) is 0. The molecule has 5 rings (SSSR count). The van der Waals surface area contributed by atoms with Crippen LogP contribution in [0.4, 0.5) is 0 Å². The molecule has 1 amide bonds. The molecule has 3 aliphatic heterocycles. The Morgan fingerprint density at radius 2 is 2.16 bits per heavy atom. The van der Waals surface area contributed by atoms with E-state index in [1.54, 1.807) is 11.3 Å². The number of para-hydroxylation sites is 1. The van der Waals surface area contributed by atoms with Crippen molar-refractivity contribution in [2.45, 2.75) is 49.8 Å². The smallest absolute Gasteiger partial charge is 0.227 e. The SMILES string of the molecule is O=C1C[C@]2(C[C@H]3CC[C@H]2N3C(=O)Cc2ccsc2)Oc2ccccc21. The van der Waals surface area contributed by atoms with Gasteiger partial charge in [0.1, 0.15) is 11.4 Å². The Morgan fingerprint density at radius 1 is 1.28 bits per heavy atom. The fraction of sp³-hybridized carbons (Fsp3) is 0.400. The number of ether oxygens (including phenoxy) is 1. The van der Waals surface area contributed by atoms with Crippen molar-refractivity contribution in [2.24, 2.45) is 0 Å². The number of rotatable bonds is 2. The normalized spacial score (nSPS) is 29.8. The molecular weight excluding hydrogens is 334 g/mol. The second kappa shape index (κ2) is 5.43. The number of carbonyl (C=O) groups is 2. The Morgan fingerprint density at radius 3 is 3.00 bits per heavy atom. The van der Waals surface area contributed by atoms with Crippen molar-refractivity contribution in [3.8, 4) is 5.75 Å². The van der Waals surface area contributed by atoms with Crippen LogP contribution in [0.15, 0.2) is 41.1 Å². The van der Waals surface area contributed by atoms with Crippen LogP contribution in [0, 0.1) is 0 Å². The third-order valence-corrected chi connectivity index (χ3v) is 6.61. The average Bonchev–Trinajstić information content (AvgIpc) is 3.30. The lowest BCUT2D eigenvalue weighted by atomic mass is 9.78. The maximum Gasteiger partial charge on any atom is 0.227 e. The van der Waals surface area contributed by atoms with Gasteiger partial charge in [0.05, 0.1) is 24.4 Å². The van der Waals surface area contributed by atoms with Crippen LogP contribution in [0.1, 0.15) is 41.6 Å². The van der Waals surface area contributed by atoms with Crippen LogP contribution in [-0.4, -0.2) is 34.3 Å². The predicted molar refractivity (Wildman–Crippen MR) is 95.0 cm³/mol. The van der Waals surface area contributed by atoms with E-state index < -0.39 is 5.60 Å². The van der Waals surface area contributed by atoms with E-state index in [1.807, 2.05) is 46.0 Å². The molecule has 0 radical (unpaired) electrons. The van der Waals surface area contributed by atoms with Crippen LogP contribution in [0.3, 0.4) is 0 Å². The third kappa shape index (κ3) is 2.25. The molecule has 4 nitrogen and oxygen atoms in total. The molecule has 2 fully saturated rings. The molecule has 3 atom stereocenters. The lowest BCUT2D eigenvalue weighted by Crippen LogP contribution is -2.52. The molecule has 25 heavy (non-hydrogen) atoms. The molecule has 2 aromatic rings. The molecule has 3 aliphatic rings. The number of fused-ring (bicyclic) bond motifs is 4. The van der Waals surface area contributed by atoms with Gasteiger partial charge in [0.2, 0.25) is 5.91 Å². The van der Waals surface area contributed by atoms with E-state index in [0.717, 1.165) is 24.8 Å². The zero-order valence-corrected chi connectivity index (χ0v) is 14.6. The molecule has 5 heteroatoms. The zero-order chi connectivity index (χ0) is 17.0. The highest BCUT2D eigenvalue weighted by molar-refractivity contribution is 7.08. The lowest BCUT2D eigenvalue weighted by molar-refractivity contribution is -0.133. The van der Waals surface area contributed by atoms with Crippen molar-refractivity contribution in [3.63, 3.8) is 0 Å². The Hall–Kier alpha value is -2.14. The second-order valence-corrected chi connectivity index (χ2v) is 8.10. The second-order valence-electron chi connectivity index (χ2n) is 7.32. The van der Waals surface area contributed by atoms with Gasteiger partial charge in [-0.3, -0.25) is 9.59 Å². The van der Waals surface area contributed by atoms with Gasteiger partial charge in [0, 0.05) is 12.5 Å². The Labute approximate surface area is 150 Å². The van der Waals surface area contributed by atoms with Crippen molar-refractivity contribution in [2.75, 3.05) is 0 Å². The summed E-state index contributed by atoms with van der Waals surface area (Å²) in [6, 6.07) is 9.70. The van der Waals surface area contributed by atoms with Crippen LogP contribution < -0.4 is 4.74 Å². The molecule has 0 unspecified atom stereocenters. The summed E-state index contributed by atoms with van der Waals surface area (Å²) in [5.74, 6) is 0.980. The van der Waals surface area contributed by atoms with Gasteiger partial charge in [-0.1, -0.05) is 12.1 Å². The van der Waals surface area contributed by atoms with E-state index in [2.05, 4.69) is 0 Å². The van der Waals surface area contributed by atoms with Crippen molar-refractivity contribution < 1.29 is 14.3 Å². The van der Waals surface area contributed by atoms with Crippen LogP contribution >= 0.6 is 11.3 Å². The first-order valence-corrected chi connectivity index (χ1v) is 9.74. The van der Waals surface area contributed by atoms with Crippen LogP contribution in [0.25, 0.3) is 0 Å². The van der Waals surface area contributed by atoms with E-state index in [1.165, 1.54) is 0 Å². The quantitative estimate of drug-likeness (QED) is 0.831. The molecule has 128 valence electrons. The fourth-order valence-electron chi connectivity index (χ4n) is 4.88. The number of thiophene rings is 1. The van der Waals surface area contributed by atoms with Gasteiger partial charge in [-0.15, -0.1) is 0 Å². The van der Waals surface area contributed by atoms with Gasteiger partial charge in [-0.25, -0.2) is 0 Å². The summed E-state index contributed by atoms with van der Waals surface area (Å²) in [5.41, 5.74) is 1.21. The Bertz CT molecular complexity index is 846. The monoisotopic (exact) mass is 353 g/mol. The molecule has 0 N–H and O–H groups in total. The Kier molecular flexibility index (Phi) is 3.29. The van der Waals surface area contributed by atoms with Gasteiger partial charge >= 0.3 is 0 Å². The lowest BCUT2D eigenvalue weighted by Gasteiger charge is -2.40. The number of amides is 1. The zero-order valence-electron chi connectivity index (χ0n) is 13.8. The Balaban J connectivity index is 1.44. The summed E-state index contributed by atoms with van der Waals surface area (Å²) >= 11 is 1.62. The number of Topliss-reactive ketones (excluding diaryl/α,β-unsaturated/α-hetero) is 1. The summed E-state index contributed by atoms with van der Waals surface area (Å²) in [7, 11) is 0. The summed E-state index contributed by atoms with van der Waals surface area (Å²) < 4.78 is 6.39. The van der Waals surface area contributed by atoms with E-state index in [9.17, 15) is 9.59 Å². The van der Waals surface area contributed by atoms with E-state index in [-0.39, 0.29) is 23.8 Å². The molecule has 2 bridgehead atoms. The van der Waals surface area contributed by atoms with Crippen molar-refractivity contribution in [3.05, 3.63) is 52.2 Å². The summed E-state index contributed by atoms with van der Waals surface area (Å²) in [5, 5.41) is 4.03. The van der Waals surface area contributed by atoms with Crippen LogP contribution in [0.2, 0.25) is 0 Å². The van der Waals surface area contributed by atoms with Gasteiger partial charge in [0.25, 0.3) is 0 Å². The maximum absolute atomic E-state index is 12.9. The first-order chi connectivity index (χ1) is 12.2. The van der Waals surface area contributed by atoms with E-state index >= 15 is 0 Å². The number of ketones is 1. The highest BCUT2D eigenvalue weighted by atomic mass is 32.1. The van der Waals surface area contributed by atoms with Crippen molar-refractivity contribution >= 4 is 23.0 Å². The summed E-state index contributed by atoms with van der Waals surface area (Å²) in [6.45, 7) is 0. The van der Waals surface area contributed by atoms with Crippen LogP contribution in [0.5, 0.6) is 5.75 Å². The topological polar surface area (TPSA) is 46.6 Å². The van der Waals surface area contributed by atoms with Gasteiger partial charge < -0.3 is 9.64 Å². The minimum atomic E-state index is -0.529. The first-order valence-electron chi connectivity index (χ1n) is 8.80. The standard InChI is InChI=1S/C20H19NO3S/c22-16-11-20(24-17-4-2-1-3-15(16)17)10-14-5-6-18(20)21(14)19(23)9-13-7-8-25-12-13/h1-4,7-8,12,14,18H,5-6,9-11H2/t14-,18-,20+/m1/s1. The highest BCUT2D eigenvalue weighted by Gasteiger charge is 2.61. The molecule has 0 aliphatic carbocycles. The minimum Gasteiger partial charge on any atom is -0.484 e. The minimum absolute atomic E-state index is 0.0148. The van der Waals surface area contributed by atoms with Crippen molar-refractivity contribution in [1.82, 2.24) is 4.90 Å². The number of benzene rings is 1. The molecule has 2 saturated heterocycles. The third-order valence-electron chi connectivity index (χ3n) is 5.87. The summed E-state index contributed by atoms with van der Waals surface area (Å²) in [4.78, 5) is 27.6. The molecule has 4 heterocycles. The van der Waals surface area contributed by atoms with E-state index in [4.69, 9.17) is 4.74 Å². The molecule has 0 saturated carbocycles.